The van der Waals surface area contributed by atoms with Gasteiger partial charge in [-0.1, -0.05) is 19.3 Å². The first-order valence-corrected chi connectivity index (χ1v) is 8.41. The van der Waals surface area contributed by atoms with Gasteiger partial charge in [0.1, 0.15) is 0 Å². The van der Waals surface area contributed by atoms with Crippen LogP contribution in [0.2, 0.25) is 0 Å². The van der Waals surface area contributed by atoms with Crippen molar-refractivity contribution < 1.29 is 9.59 Å². The van der Waals surface area contributed by atoms with E-state index in [1.807, 2.05) is 20.8 Å². The van der Waals surface area contributed by atoms with Crippen LogP contribution in [0.4, 0.5) is 0 Å². The van der Waals surface area contributed by atoms with Crippen LogP contribution in [0.15, 0.2) is 0 Å². The van der Waals surface area contributed by atoms with Crippen LogP contribution < -0.4 is 0 Å². The van der Waals surface area contributed by atoms with E-state index in [1.54, 1.807) is 6.92 Å². The molecule has 0 aromatic carbocycles. The van der Waals surface area contributed by atoms with Crippen LogP contribution in [0.3, 0.4) is 0 Å². The van der Waals surface area contributed by atoms with Crippen molar-refractivity contribution in [3.8, 4) is 0 Å². The first kappa shape index (κ1) is 16.9. The Balaban J connectivity index is 2.19. The van der Waals surface area contributed by atoms with Crippen molar-refractivity contribution in [2.24, 2.45) is 0 Å². The summed E-state index contributed by atoms with van der Waals surface area (Å²) in [5.41, 5.74) is 2.88. The van der Waals surface area contributed by atoms with Crippen molar-refractivity contribution in [1.29, 1.82) is 0 Å². The Morgan fingerprint density at radius 2 is 1.59 bits per heavy atom. The first-order valence-electron chi connectivity index (χ1n) is 8.41. The van der Waals surface area contributed by atoms with Crippen LogP contribution >= 0.6 is 0 Å². The topological polar surface area (TPSA) is 53.2 Å². The number of nitrogens with zero attached hydrogens (tertiary/aromatic N) is 1. The zero-order valence-electron chi connectivity index (χ0n) is 14.3. The smallest absolute Gasteiger partial charge is 0.196 e. The summed E-state index contributed by atoms with van der Waals surface area (Å²) in [5.74, 6) is 0.123. The fourth-order valence-corrected chi connectivity index (χ4v) is 3.56. The maximum absolute atomic E-state index is 12.9. The Kier molecular flexibility index (Phi) is 5.57. The summed E-state index contributed by atoms with van der Waals surface area (Å²) in [6.07, 6.45) is 6.16. The van der Waals surface area contributed by atoms with E-state index in [4.69, 9.17) is 0 Å². The van der Waals surface area contributed by atoms with Gasteiger partial charge in [0.2, 0.25) is 0 Å². The number of Topliss-reactive ketones (excluding diaryl/α,β-unsaturated/α-hetero) is 2. The number of carbonyl (C=O) groups is 2. The Morgan fingerprint density at radius 3 is 2.09 bits per heavy atom. The molecule has 1 aromatic rings. The molecular weight excluding hydrogens is 276 g/mol. The molecule has 1 atom stereocenters. The van der Waals surface area contributed by atoms with Crippen molar-refractivity contribution in [3.05, 3.63) is 22.5 Å². The number of aryl methyl sites for hydroxylation is 1. The lowest BCUT2D eigenvalue weighted by Crippen LogP contribution is -2.41. The van der Waals surface area contributed by atoms with Gasteiger partial charge in [-0.3, -0.25) is 14.5 Å². The number of hydrogen-bond donors (Lipinski definition) is 1. The minimum atomic E-state index is -0.130. The lowest BCUT2D eigenvalue weighted by atomic mass is 10.0. The summed E-state index contributed by atoms with van der Waals surface area (Å²) in [4.78, 5) is 30.0. The molecule has 0 radical (unpaired) electrons. The molecule has 0 aliphatic carbocycles. The highest BCUT2D eigenvalue weighted by atomic mass is 16.1. The molecule has 0 saturated carbocycles. The van der Waals surface area contributed by atoms with Gasteiger partial charge in [0.05, 0.1) is 11.7 Å². The Bertz CT molecular complexity index is 552. The second-order valence-electron chi connectivity index (χ2n) is 6.53. The van der Waals surface area contributed by atoms with Crippen molar-refractivity contribution >= 4 is 11.6 Å². The van der Waals surface area contributed by atoms with E-state index >= 15 is 0 Å². The number of nitrogens with one attached hydrogen (secondary N) is 1. The summed E-state index contributed by atoms with van der Waals surface area (Å²) in [5, 5.41) is 0. The van der Waals surface area contributed by atoms with Gasteiger partial charge < -0.3 is 4.98 Å². The number of hydrogen-bond acceptors (Lipinski definition) is 3. The second-order valence-corrected chi connectivity index (χ2v) is 6.53. The van der Waals surface area contributed by atoms with Gasteiger partial charge in [0, 0.05) is 11.3 Å². The summed E-state index contributed by atoms with van der Waals surface area (Å²) < 4.78 is 0. The van der Waals surface area contributed by atoms with E-state index in [2.05, 4.69) is 9.88 Å². The van der Waals surface area contributed by atoms with Gasteiger partial charge in [-0.2, -0.15) is 0 Å². The summed E-state index contributed by atoms with van der Waals surface area (Å²) in [6, 6.07) is -0.130. The van der Waals surface area contributed by atoms with Crippen LogP contribution in [0.5, 0.6) is 0 Å². The fourth-order valence-electron chi connectivity index (χ4n) is 3.56. The molecule has 22 heavy (non-hydrogen) atoms. The van der Waals surface area contributed by atoms with E-state index < -0.39 is 0 Å². The quantitative estimate of drug-likeness (QED) is 0.863. The molecule has 2 heterocycles. The SMILES string of the molecule is CC(=O)c1c(C)[nH]c(C(=O)[C@@H](C)N2CCCCCCC2)c1C. The largest absolute Gasteiger partial charge is 0.355 e. The maximum Gasteiger partial charge on any atom is 0.196 e. The summed E-state index contributed by atoms with van der Waals surface area (Å²) >= 11 is 0. The van der Waals surface area contributed by atoms with Crippen molar-refractivity contribution in [1.82, 2.24) is 9.88 Å². The molecule has 2 rings (SSSR count). The zero-order valence-corrected chi connectivity index (χ0v) is 14.3. The highest BCUT2D eigenvalue weighted by Gasteiger charge is 2.27. The number of ketones is 2. The molecule has 0 unspecified atom stereocenters. The normalized spacial score (nSPS) is 18.5. The third-order valence-corrected chi connectivity index (χ3v) is 4.85. The molecule has 122 valence electrons. The average Bonchev–Trinajstić information content (AvgIpc) is 2.72. The van der Waals surface area contributed by atoms with Gasteiger partial charge in [-0.05, 0) is 59.2 Å². The van der Waals surface area contributed by atoms with E-state index in [9.17, 15) is 9.59 Å². The monoisotopic (exact) mass is 304 g/mol. The van der Waals surface area contributed by atoms with Crippen LogP contribution in [-0.4, -0.2) is 40.6 Å². The molecule has 4 nitrogen and oxygen atoms in total. The van der Waals surface area contributed by atoms with Gasteiger partial charge in [-0.25, -0.2) is 0 Å². The van der Waals surface area contributed by atoms with E-state index in [0.717, 1.165) is 24.3 Å². The molecule has 0 amide bonds. The van der Waals surface area contributed by atoms with E-state index in [0.29, 0.717) is 11.3 Å². The zero-order chi connectivity index (χ0) is 16.3. The Morgan fingerprint density at radius 1 is 1.05 bits per heavy atom. The summed E-state index contributed by atoms with van der Waals surface area (Å²) in [6.45, 7) is 9.26. The second kappa shape index (κ2) is 7.23. The molecule has 4 heteroatoms. The number of likely N-dealkylation sites (tertiary alicyclic amines) is 1. The molecule has 1 fully saturated rings. The number of carbonyl (C=O) groups excluding carboxylic acids is 2. The molecular formula is C18H28N2O2. The lowest BCUT2D eigenvalue weighted by molar-refractivity contribution is 0.0820. The third kappa shape index (κ3) is 3.49. The summed E-state index contributed by atoms with van der Waals surface area (Å²) in [7, 11) is 0. The number of aromatic nitrogens is 1. The van der Waals surface area contributed by atoms with Crippen LogP contribution in [0.1, 0.15) is 78.1 Å². The first-order chi connectivity index (χ1) is 10.4. The van der Waals surface area contributed by atoms with Gasteiger partial charge >= 0.3 is 0 Å². The fraction of sp³-hybridized carbons (Fsp3) is 0.667. The van der Waals surface area contributed by atoms with Crippen LogP contribution in [-0.2, 0) is 0 Å². The Hall–Kier alpha value is -1.42. The molecule has 1 aliphatic rings. The van der Waals surface area contributed by atoms with Gasteiger partial charge in [-0.15, -0.1) is 0 Å². The number of aromatic amines is 1. The van der Waals surface area contributed by atoms with Crippen molar-refractivity contribution in [2.45, 2.75) is 65.8 Å². The van der Waals surface area contributed by atoms with Gasteiger partial charge in [0.15, 0.2) is 11.6 Å². The predicted molar refractivity (Wildman–Crippen MR) is 88.7 cm³/mol. The van der Waals surface area contributed by atoms with E-state index in [1.165, 1.54) is 32.1 Å². The maximum atomic E-state index is 12.9. The minimum absolute atomic E-state index is 0.0178. The van der Waals surface area contributed by atoms with Crippen molar-refractivity contribution in [2.75, 3.05) is 13.1 Å². The highest BCUT2D eigenvalue weighted by molar-refractivity contribution is 6.05. The lowest BCUT2D eigenvalue weighted by Gasteiger charge is -2.29. The number of rotatable bonds is 4. The Labute approximate surface area is 133 Å². The molecule has 1 aromatic heterocycles. The van der Waals surface area contributed by atoms with Crippen molar-refractivity contribution in [3.63, 3.8) is 0 Å². The van der Waals surface area contributed by atoms with Gasteiger partial charge in [0.25, 0.3) is 0 Å². The highest BCUT2D eigenvalue weighted by Crippen LogP contribution is 2.22. The standard InChI is InChI=1S/C18H28N2O2/c1-12-16(15(4)21)13(2)19-17(12)18(22)14(3)20-10-8-6-5-7-9-11-20/h14,19H,5-11H2,1-4H3/t14-/m1/s1. The van der Waals surface area contributed by atoms with E-state index in [-0.39, 0.29) is 17.6 Å². The van der Waals surface area contributed by atoms with Crippen LogP contribution in [0.25, 0.3) is 0 Å². The molecule has 0 bridgehead atoms. The van der Waals surface area contributed by atoms with Crippen LogP contribution in [0, 0.1) is 13.8 Å². The third-order valence-electron chi connectivity index (χ3n) is 4.85. The molecule has 1 aliphatic heterocycles. The predicted octanol–water partition coefficient (Wildman–Crippen LogP) is 3.67. The minimum Gasteiger partial charge on any atom is -0.355 e. The number of H-pyrrole nitrogens is 1. The average molecular weight is 304 g/mol. The molecule has 1 saturated heterocycles. The molecule has 1 N–H and O–H groups in total. The molecule has 0 spiro atoms.